The van der Waals surface area contributed by atoms with Gasteiger partial charge >= 0.3 is 0 Å². The van der Waals surface area contributed by atoms with Crippen molar-refractivity contribution < 1.29 is 22.8 Å². The van der Waals surface area contributed by atoms with Crippen LogP contribution in [-0.2, 0) is 18.5 Å². The molecule has 4 aromatic carbocycles. The van der Waals surface area contributed by atoms with Crippen LogP contribution in [0, 0.1) is 47.0 Å². The van der Waals surface area contributed by atoms with E-state index in [0.29, 0.717) is 53.9 Å². The van der Waals surface area contributed by atoms with Gasteiger partial charge in [-0.1, -0.05) is 45.0 Å². The van der Waals surface area contributed by atoms with E-state index in [0.717, 1.165) is 46.3 Å². The number of carbonyl (C=O) groups excluding carboxylic acids is 2. The minimum atomic E-state index is -1.57. The minimum Gasteiger partial charge on any atom is -0.351 e. The second-order valence-corrected chi connectivity index (χ2v) is 14.3. The smallest absolute Gasteiger partial charge is 0.268 e. The van der Waals surface area contributed by atoms with Gasteiger partial charge in [-0.3, -0.25) is 9.59 Å². The molecule has 0 radical (unpaired) electrons. The number of carbonyl (C=O) groups is 2. The minimum absolute atomic E-state index is 0.0394. The number of aromatic nitrogens is 2. The zero-order valence-electron chi connectivity index (χ0n) is 29.6. The van der Waals surface area contributed by atoms with Crippen LogP contribution in [0.15, 0.2) is 66.7 Å². The van der Waals surface area contributed by atoms with E-state index in [2.05, 4.69) is 66.3 Å². The van der Waals surface area contributed by atoms with Crippen molar-refractivity contribution in [3.05, 3.63) is 118 Å². The van der Waals surface area contributed by atoms with Crippen molar-refractivity contribution >= 4 is 33.6 Å². The fourth-order valence-corrected chi connectivity index (χ4v) is 7.34. The van der Waals surface area contributed by atoms with E-state index in [9.17, 15) is 33.3 Å². The Hall–Kier alpha value is -6.33. The highest BCUT2D eigenvalue weighted by atomic mass is 19.2. The van der Waals surface area contributed by atoms with E-state index < -0.39 is 17.5 Å². The molecule has 8 rings (SSSR count). The number of nitriles is 2. The summed E-state index contributed by atoms with van der Waals surface area (Å²) >= 11 is 0. The molecule has 8 nitrogen and oxygen atoms in total. The van der Waals surface area contributed by atoms with Crippen molar-refractivity contribution in [2.75, 3.05) is 13.1 Å². The molecule has 6 aromatic rings. The Bertz CT molecular complexity index is 2580. The summed E-state index contributed by atoms with van der Waals surface area (Å²) in [5.74, 6) is -4.49. The third-order valence-corrected chi connectivity index (χ3v) is 9.96. The lowest BCUT2D eigenvalue weighted by Crippen LogP contribution is -2.35. The second kappa shape index (κ2) is 13.3. The summed E-state index contributed by atoms with van der Waals surface area (Å²) in [6, 6.07) is 23.3. The van der Waals surface area contributed by atoms with E-state index >= 15 is 0 Å². The van der Waals surface area contributed by atoms with Gasteiger partial charge in [0.25, 0.3) is 11.8 Å². The predicted molar refractivity (Wildman–Crippen MR) is 197 cm³/mol. The van der Waals surface area contributed by atoms with E-state index in [-0.39, 0.29) is 33.9 Å². The molecular weight excluding hydrogens is 677 g/mol. The molecule has 2 aliphatic heterocycles. The Morgan fingerprint density at radius 3 is 2.09 bits per heavy atom. The number of nitrogens with zero attached hydrogens (tertiary/aromatic N) is 4. The molecule has 0 bridgehead atoms. The summed E-state index contributed by atoms with van der Waals surface area (Å²) in [7, 11) is 0. The number of amides is 2. The fourth-order valence-electron chi connectivity index (χ4n) is 7.34. The lowest BCUT2D eigenvalue weighted by Gasteiger charge is -2.20. The maximum atomic E-state index is 14.4. The fraction of sp³-hybridized carbons (Fsp3) is 0.238. The number of nitrogens with one attached hydrogen (secondary N) is 2. The predicted octanol–water partition coefficient (Wildman–Crippen LogP) is 8.26. The summed E-state index contributed by atoms with van der Waals surface area (Å²) in [5.41, 5.74) is 7.96. The number of halogens is 3. The van der Waals surface area contributed by atoms with E-state index in [1.807, 2.05) is 25.1 Å². The van der Waals surface area contributed by atoms with Crippen LogP contribution >= 0.6 is 0 Å². The van der Waals surface area contributed by atoms with E-state index in [1.165, 1.54) is 11.6 Å². The molecule has 0 saturated heterocycles. The van der Waals surface area contributed by atoms with Gasteiger partial charge in [-0.2, -0.15) is 10.5 Å². The molecule has 0 unspecified atom stereocenters. The molecule has 53 heavy (non-hydrogen) atoms. The summed E-state index contributed by atoms with van der Waals surface area (Å²) in [4.78, 5) is 24.7. The van der Waals surface area contributed by atoms with Crippen LogP contribution in [0.5, 0.6) is 0 Å². The molecule has 0 saturated carbocycles. The summed E-state index contributed by atoms with van der Waals surface area (Å²) in [5, 5.41) is 26.0. The molecule has 11 heteroatoms. The van der Waals surface area contributed by atoms with Crippen molar-refractivity contribution in [3.8, 4) is 34.4 Å². The first kappa shape index (κ1) is 35.1. The third-order valence-electron chi connectivity index (χ3n) is 9.96. The SMILES string of the molecule is Cc1c2n(c3c(-c4ccc(C(C)(C)C)cc4)cc(C#N)cc13)CCNC2=O.N#Cc1cc(-c2ccc(F)c(F)c2F)c2c(c1)cc1n2CCCNC1=O. The number of hydrogen-bond acceptors (Lipinski definition) is 4. The maximum Gasteiger partial charge on any atom is 0.268 e. The molecule has 4 heterocycles. The van der Waals surface area contributed by atoms with Gasteiger partial charge in [0, 0.05) is 53.6 Å². The molecule has 266 valence electrons. The van der Waals surface area contributed by atoms with Crippen molar-refractivity contribution in [2.24, 2.45) is 0 Å². The average Bonchev–Trinajstić information content (AvgIpc) is 3.60. The summed E-state index contributed by atoms with van der Waals surface area (Å²) in [6.45, 7) is 10.9. The lowest BCUT2D eigenvalue weighted by atomic mass is 9.86. The quantitative estimate of drug-likeness (QED) is 0.176. The Morgan fingerprint density at radius 2 is 1.40 bits per heavy atom. The Kier molecular flexibility index (Phi) is 8.83. The van der Waals surface area contributed by atoms with Gasteiger partial charge in [-0.05, 0) is 77.9 Å². The zero-order valence-corrected chi connectivity index (χ0v) is 29.6. The van der Waals surface area contributed by atoms with Crippen molar-refractivity contribution in [2.45, 2.75) is 52.6 Å². The van der Waals surface area contributed by atoms with Crippen LogP contribution in [0.25, 0.3) is 44.1 Å². The lowest BCUT2D eigenvalue weighted by molar-refractivity contribution is 0.0925. The number of rotatable bonds is 2. The molecule has 0 spiro atoms. The monoisotopic (exact) mass is 712 g/mol. The molecule has 2 N–H and O–H groups in total. The molecule has 2 amide bonds. The van der Waals surface area contributed by atoms with Crippen LogP contribution in [0.1, 0.15) is 70.4 Å². The van der Waals surface area contributed by atoms with Crippen LogP contribution in [-0.4, -0.2) is 34.0 Å². The number of aryl methyl sites for hydroxylation is 2. The van der Waals surface area contributed by atoms with Crippen molar-refractivity contribution in [1.29, 1.82) is 10.5 Å². The Morgan fingerprint density at radius 1 is 0.717 bits per heavy atom. The van der Waals surface area contributed by atoms with Gasteiger partial charge in [-0.15, -0.1) is 0 Å². The first-order chi connectivity index (χ1) is 25.3. The molecule has 2 aromatic heterocycles. The normalized spacial score (nSPS) is 13.9. The summed E-state index contributed by atoms with van der Waals surface area (Å²) in [6.07, 6.45) is 0.669. The van der Waals surface area contributed by atoms with Crippen LogP contribution in [0.2, 0.25) is 0 Å². The largest absolute Gasteiger partial charge is 0.351 e. The molecule has 0 fully saturated rings. The van der Waals surface area contributed by atoms with Crippen LogP contribution in [0.4, 0.5) is 13.2 Å². The maximum absolute atomic E-state index is 14.4. The van der Waals surface area contributed by atoms with E-state index in [4.69, 9.17) is 0 Å². The van der Waals surface area contributed by atoms with Gasteiger partial charge in [-0.25, -0.2) is 13.2 Å². The van der Waals surface area contributed by atoms with Gasteiger partial charge in [0.15, 0.2) is 17.5 Å². The van der Waals surface area contributed by atoms with Crippen molar-refractivity contribution in [3.63, 3.8) is 0 Å². The van der Waals surface area contributed by atoms with Crippen LogP contribution < -0.4 is 10.6 Å². The van der Waals surface area contributed by atoms with Gasteiger partial charge in [0.05, 0.1) is 34.3 Å². The molecular formula is C42H35F3N6O2. The highest BCUT2D eigenvalue weighted by Crippen LogP contribution is 2.38. The highest BCUT2D eigenvalue weighted by Gasteiger charge is 2.27. The van der Waals surface area contributed by atoms with Crippen LogP contribution in [0.3, 0.4) is 0 Å². The second-order valence-electron chi connectivity index (χ2n) is 14.3. The topological polar surface area (TPSA) is 116 Å². The molecule has 0 aliphatic carbocycles. The van der Waals surface area contributed by atoms with Crippen molar-refractivity contribution in [1.82, 2.24) is 19.8 Å². The van der Waals surface area contributed by atoms with Gasteiger partial charge < -0.3 is 19.8 Å². The first-order valence-corrected chi connectivity index (χ1v) is 17.3. The first-order valence-electron chi connectivity index (χ1n) is 17.3. The van der Waals surface area contributed by atoms with E-state index in [1.54, 1.807) is 16.7 Å². The molecule has 0 atom stereocenters. The number of hydrogen-bond donors (Lipinski definition) is 2. The van der Waals surface area contributed by atoms with Gasteiger partial charge in [0.1, 0.15) is 11.4 Å². The highest BCUT2D eigenvalue weighted by molar-refractivity contribution is 6.07. The Labute approximate surface area is 304 Å². The third kappa shape index (κ3) is 6.08. The zero-order chi connectivity index (χ0) is 37.8. The number of fused-ring (bicyclic) bond motifs is 6. The van der Waals surface area contributed by atoms with Gasteiger partial charge in [0.2, 0.25) is 0 Å². The summed E-state index contributed by atoms with van der Waals surface area (Å²) < 4.78 is 45.4. The average molecular weight is 713 g/mol. The Balaban J connectivity index is 0.000000164. The number of benzene rings is 4. The molecule has 2 aliphatic rings. The standard InChI is InChI=1S/C23H23N3O.C19H12F3N3O/c1-14-18-11-15(13-24)12-19(16-5-7-17(8-6-16)23(2,3)4)21(18)26-10-9-25-22(27)20(14)26;20-14-3-2-12(16(21)17(14)22)13-7-10(9-23)6-11-8-15-19(26)24-4-1-5-25(15)18(11)13/h5-8,11-12H,9-10H2,1-4H3,(H,25,27);2-3,6-8H,1,4-5H2,(H,24,26).